The van der Waals surface area contributed by atoms with Crippen molar-refractivity contribution in [2.24, 2.45) is 0 Å². The maximum absolute atomic E-state index is 14.7. The smallest absolute Gasteiger partial charge is 0.246 e. The lowest BCUT2D eigenvalue weighted by molar-refractivity contribution is 0.155. The van der Waals surface area contributed by atoms with Crippen molar-refractivity contribution in [3.8, 4) is 11.5 Å². The summed E-state index contributed by atoms with van der Waals surface area (Å²) in [6.07, 6.45) is 0. The number of hydrogen-bond acceptors (Lipinski definition) is 5. The Bertz CT molecular complexity index is 1140. The van der Waals surface area contributed by atoms with Crippen LogP contribution in [0.4, 0.5) is 4.39 Å². The molecule has 174 valence electrons. The molecule has 6 nitrogen and oxygen atoms in total. The average molecular weight is 471 g/mol. The summed E-state index contributed by atoms with van der Waals surface area (Å²) < 4.78 is 52.8. The Balaban J connectivity index is 1.58. The number of piperazine rings is 1. The normalized spacial score (nSPS) is 15.5. The number of halogens is 1. The highest BCUT2D eigenvalue weighted by Crippen LogP contribution is 2.34. The van der Waals surface area contributed by atoms with Crippen molar-refractivity contribution in [2.75, 3.05) is 40.4 Å². The van der Waals surface area contributed by atoms with Crippen LogP contribution in [0, 0.1) is 5.82 Å². The van der Waals surface area contributed by atoms with E-state index >= 15 is 0 Å². The Kier molecular flexibility index (Phi) is 6.97. The molecule has 1 fully saturated rings. The van der Waals surface area contributed by atoms with E-state index in [1.807, 2.05) is 36.4 Å². The van der Waals surface area contributed by atoms with E-state index in [1.54, 1.807) is 0 Å². The third-order valence-electron chi connectivity index (χ3n) is 5.92. The van der Waals surface area contributed by atoms with E-state index in [9.17, 15) is 12.8 Å². The molecule has 1 saturated heterocycles. The van der Waals surface area contributed by atoms with Gasteiger partial charge in [0.05, 0.1) is 20.3 Å². The molecule has 1 aliphatic rings. The Morgan fingerprint density at radius 2 is 1.27 bits per heavy atom. The Morgan fingerprint density at radius 1 is 0.788 bits per heavy atom. The van der Waals surface area contributed by atoms with Gasteiger partial charge in [-0.25, -0.2) is 12.8 Å². The standard InChI is InChI=1S/C25H27FN2O4S/c1-31-22-17-21(26)24(18-23(22)32-2)33(29,30)28-15-13-27(14-16-28)25(19-9-5-3-6-10-19)20-11-7-4-8-12-20/h3-12,17-18,25H,13-16H2,1-2H3. The van der Waals surface area contributed by atoms with Crippen molar-refractivity contribution in [1.29, 1.82) is 0 Å². The van der Waals surface area contributed by atoms with E-state index in [0.717, 1.165) is 17.2 Å². The third-order valence-corrected chi connectivity index (χ3v) is 7.84. The zero-order valence-corrected chi connectivity index (χ0v) is 19.5. The number of methoxy groups -OCH3 is 2. The van der Waals surface area contributed by atoms with Crippen molar-refractivity contribution in [2.45, 2.75) is 10.9 Å². The predicted molar refractivity (Wildman–Crippen MR) is 125 cm³/mol. The number of sulfonamides is 1. The highest BCUT2D eigenvalue weighted by molar-refractivity contribution is 7.89. The van der Waals surface area contributed by atoms with Gasteiger partial charge in [0.1, 0.15) is 10.7 Å². The zero-order chi connectivity index (χ0) is 23.4. The summed E-state index contributed by atoms with van der Waals surface area (Å²) in [5.41, 5.74) is 2.29. The molecule has 0 bridgehead atoms. The third kappa shape index (κ3) is 4.73. The molecule has 0 aromatic heterocycles. The summed E-state index contributed by atoms with van der Waals surface area (Å²) in [6, 6.07) is 22.6. The van der Waals surface area contributed by atoms with Crippen LogP contribution in [0.2, 0.25) is 0 Å². The number of ether oxygens (including phenoxy) is 2. The van der Waals surface area contributed by atoms with Gasteiger partial charge in [0, 0.05) is 38.3 Å². The van der Waals surface area contributed by atoms with Gasteiger partial charge in [0.2, 0.25) is 10.0 Å². The largest absolute Gasteiger partial charge is 0.493 e. The molecule has 1 aliphatic heterocycles. The first kappa shape index (κ1) is 23.2. The summed E-state index contributed by atoms with van der Waals surface area (Å²) in [4.78, 5) is 1.86. The Morgan fingerprint density at radius 3 is 1.76 bits per heavy atom. The monoisotopic (exact) mass is 470 g/mol. The van der Waals surface area contributed by atoms with E-state index in [1.165, 1.54) is 24.6 Å². The quantitative estimate of drug-likeness (QED) is 0.524. The van der Waals surface area contributed by atoms with Crippen molar-refractivity contribution in [3.63, 3.8) is 0 Å². The summed E-state index contributed by atoms with van der Waals surface area (Å²) in [6.45, 7) is 1.55. The molecule has 1 heterocycles. The molecule has 0 radical (unpaired) electrons. The Labute approximate surface area is 194 Å². The number of hydrogen-bond donors (Lipinski definition) is 0. The van der Waals surface area contributed by atoms with Gasteiger partial charge >= 0.3 is 0 Å². The maximum atomic E-state index is 14.7. The van der Waals surface area contributed by atoms with Crippen molar-refractivity contribution in [3.05, 3.63) is 89.7 Å². The minimum absolute atomic E-state index is 0.00932. The second-order valence-electron chi connectivity index (χ2n) is 7.80. The molecule has 0 spiro atoms. The first-order valence-electron chi connectivity index (χ1n) is 10.7. The van der Waals surface area contributed by atoms with Crippen LogP contribution in [0.15, 0.2) is 77.7 Å². The Hall–Kier alpha value is -2.94. The lowest BCUT2D eigenvalue weighted by Gasteiger charge is -2.39. The minimum Gasteiger partial charge on any atom is -0.493 e. The minimum atomic E-state index is -4.03. The number of nitrogens with zero attached hydrogens (tertiary/aromatic N) is 2. The SMILES string of the molecule is COc1cc(F)c(S(=O)(=O)N2CCN(C(c3ccccc3)c3ccccc3)CC2)cc1OC. The van der Waals surface area contributed by atoms with Crippen LogP contribution in [0.1, 0.15) is 17.2 Å². The lowest BCUT2D eigenvalue weighted by atomic mass is 9.96. The molecule has 3 aromatic rings. The molecule has 0 unspecified atom stereocenters. The van der Waals surface area contributed by atoms with Crippen LogP contribution in [0.25, 0.3) is 0 Å². The molecule has 0 atom stereocenters. The average Bonchev–Trinajstić information content (AvgIpc) is 2.85. The van der Waals surface area contributed by atoms with Crippen LogP contribution in [0.3, 0.4) is 0 Å². The maximum Gasteiger partial charge on any atom is 0.246 e. The topological polar surface area (TPSA) is 59.1 Å². The highest BCUT2D eigenvalue weighted by atomic mass is 32.2. The highest BCUT2D eigenvalue weighted by Gasteiger charge is 2.34. The molecule has 0 saturated carbocycles. The molecule has 33 heavy (non-hydrogen) atoms. The molecule has 8 heteroatoms. The molecule has 0 amide bonds. The van der Waals surface area contributed by atoms with E-state index < -0.39 is 20.7 Å². The molecule has 3 aromatic carbocycles. The van der Waals surface area contributed by atoms with Gasteiger partial charge in [-0.1, -0.05) is 60.7 Å². The van der Waals surface area contributed by atoms with Crippen LogP contribution >= 0.6 is 0 Å². The summed E-state index contributed by atoms with van der Waals surface area (Å²) >= 11 is 0. The predicted octanol–water partition coefficient (Wildman–Crippen LogP) is 3.94. The van der Waals surface area contributed by atoms with Crippen molar-refractivity contribution in [1.82, 2.24) is 9.21 Å². The van der Waals surface area contributed by atoms with Crippen LogP contribution in [-0.2, 0) is 10.0 Å². The van der Waals surface area contributed by atoms with Gasteiger partial charge < -0.3 is 9.47 Å². The second-order valence-corrected chi connectivity index (χ2v) is 9.71. The number of benzene rings is 3. The second kappa shape index (κ2) is 9.91. The van der Waals surface area contributed by atoms with Gasteiger partial charge in [-0.05, 0) is 11.1 Å². The van der Waals surface area contributed by atoms with Gasteiger partial charge in [0.25, 0.3) is 0 Å². The molecule has 4 rings (SSSR count). The lowest BCUT2D eigenvalue weighted by Crippen LogP contribution is -2.49. The summed E-state index contributed by atoms with van der Waals surface area (Å²) in [5, 5.41) is 0. The van der Waals surface area contributed by atoms with E-state index in [4.69, 9.17) is 9.47 Å². The van der Waals surface area contributed by atoms with Crippen LogP contribution in [0.5, 0.6) is 11.5 Å². The van der Waals surface area contributed by atoms with E-state index in [-0.39, 0.29) is 30.6 Å². The molecule has 0 N–H and O–H groups in total. The molecular weight excluding hydrogens is 443 g/mol. The fraction of sp³-hybridized carbons (Fsp3) is 0.280. The van der Waals surface area contributed by atoms with E-state index in [2.05, 4.69) is 29.2 Å². The van der Waals surface area contributed by atoms with Gasteiger partial charge in [-0.15, -0.1) is 0 Å². The van der Waals surface area contributed by atoms with Gasteiger partial charge in [0.15, 0.2) is 11.5 Å². The molecule has 0 aliphatic carbocycles. The van der Waals surface area contributed by atoms with Gasteiger partial charge in [-0.3, -0.25) is 4.90 Å². The first-order valence-corrected chi connectivity index (χ1v) is 12.2. The van der Waals surface area contributed by atoms with Crippen LogP contribution < -0.4 is 9.47 Å². The van der Waals surface area contributed by atoms with Crippen molar-refractivity contribution < 1.29 is 22.3 Å². The molecular formula is C25H27FN2O4S. The summed E-state index contributed by atoms with van der Waals surface area (Å²) in [7, 11) is -1.27. The fourth-order valence-corrected chi connectivity index (χ4v) is 5.74. The zero-order valence-electron chi connectivity index (χ0n) is 18.6. The summed E-state index contributed by atoms with van der Waals surface area (Å²) in [5.74, 6) is -0.543. The van der Waals surface area contributed by atoms with Crippen LogP contribution in [-0.4, -0.2) is 58.0 Å². The van der Waals surface area contributed by atoms with Gasteiger partial charge in [-0.2, -0.15) is 4.31 Å². The number of rotatable bonds is 7. The van der Waals surface area contributed by atoms with E-state index in [0.29, 0.717) is 13.1 Å². The fourth-order valence-electron chi connectivity index (χ4n) is 4.26. The first-order chi connectivity index (χ1) is 16.0. The van der Waals surface area contributed by atoms with Crippen molar-refractivity contribution >= 4 is 10.0 Å².